The van der Waals surface area contributed by atoms with Crippen LogP contribution in [0.3, 0.4) is 0 Å². The van der Waals surface area contributed by atoms with Crippen molar-refractivity contribution in [1.82, 2.24) is 5.32 Å². The zero-order valence-electron chi connectivity index (χ0n) is 22.0. The molecule has 1 aliphatic heterocycles. The predicted molar refractivity (Wildman–Crippen MR) is 102 cm³/mol. The lowest BCUT2D eigenvalue weighted by Gasteiger charge is -2.29. The second-order valence-corrected chi connectivity index (χ2v) is 7.41. The summed E-state index contributed by atoms with van der Waals surface area (Å²) in [6.45, 7) is 10.8. The molecule has 0 fully saturated rings. The predicted octanol–water partition coefficient (Wildman–Crippen LogP) is 4.85. The fourth-order valence-corrected chi connectivity index (χ4v) is 3.70. The van der Waals surface area contributed by atoms with Crippen LogP contribution in [0.2, 0.25) is 0 Å². The summed E-state index contributed by atoms with van der Waals surface area (Å²) < 4.78 is 59.2. The van der Waals surface area contributed by atoms with E-state index in [1.54, 1.807) is 20.8 Å². The van der Waals surface area contributed by atoms with Crippen molar-refractivity contribution in [2.45, 2.75) is 91.1 Å². The minimum atomic E-state index is -2.62. The van der Waals surface area contributed by atoms with Crippen LogP contribution in [0.4, 0.5) is 0 Å². The first-order valence-electron chi connectivity index (χ1n) is 12.3. The van der Waals surface area contributed by atoms with Gasteiger partial charge in [-0.25, -0.2) is 0 Å². The van der Waals surface area contributed by atoms with Gasteiger partial charge in [-0.05, 0) is 68.4 Å². The number of hydrogen-bond donors (Lipinski definition) is 1. The highest BCUT2D eigenvalue weighted by Gasteiger charge is 2.39. The van der Waals surface area contributed by atoms with Gasteiger partial charge in [0, 0.05) is 30.8 Å². The Bertz CT molecular complexity index is 918. The molecule has 0 saturated heterocycles. The number of hydrogen-bond acceptors (Lipinski definition) is 2. The molecule has 1 aliphatic carbocycles. The minimum absolute atomic E-state index is 0.0489. The summed E-state index contributed by atoms with van der Waals surface area (Å²) in [5.41, 5.74) is 1.29. The normalized spacial score (nSPS) is 37.0. The van der Waals surface area contributed by atoms with Crippen molar-refractivity contribution in [2.24, 2.45) is 5.92 Å². The highest BCUT2D eigenvalue weighted by atomic mass is 16.5. The molecule has 5 atom stereocenters. The first-order valence-corrected chi connectivity index (χ1v) is 9.30. The minimum Gasteiger partial charge on any atom is -0.490 e. The Kier molecular flexibility index (Phi) is 3.36. The van der Waals surface area contributed by atoms with Crippen molar-refractivity contribution < 1.29 is 17.8 Å². The first-order chi connectivity index (χ1) is 14.2. The van der Waals surface area contributed by atoms with Crippen molar-refractivity contribution in [1.29, 1.82) is 0 Å². The smallest absolute Gasteiger partial charge is 0.220 e. The molecule has 0 bridgehead atoms. The number of amides is 1. The van der Waals surface area contributed by atoms with E-state index in [0.29, 0.717) is 29.7 Å². The molecule has 25 heavy (non-hydrogen) atoms. The van der Waals surface area contributed by atoms with Crippen molar-refractivity contribution in [3.63, 3.8) is 0 Å². The van der Waals surface area contributed by atoms with Crippen LogP contribution >= 0.6 is 0 Å². The summed E-state index contributed by atoms with van der Waals surface area (Å²) >= 11 is 0. The molecule has 0 aromatic heterocycles. The van der Waals surface area contributed by atoms with E-state index in [2.05, 4.69) is 5.32 Å². The average molecular weight is 350 g/mol. The maximum Gasteiger partial charge on any atom is 0.220 e. The maximum atomic E-state index is 12.2. The van der Waals surface area contributed by atoms with Crippen LogP contribution in [0.5, 0.6) is 5.75 Å². The second kappa shape index (κ2) is 7.01. The lowest BCUT2D eigenvalue weighted by atomic mass is 9.79. The molecule has 138 valence electrons. The Hall–Kier alpha value is -1.51. The van der Waals surface area contributed by atoms with Gasteiger partial charge in [0.25, 0.3) is 0 Å². The number of carbonyl (C=O) groups is 1. The third-order valence-electron chi connectivity index (χ3n) is 5.54. The van der Waals surface area contributed by atoms with Crippen molar-refractivity contribution in [2.75, 3.05) is 0 Å². The molecule has 0 radical (unpaired) electrons. The first kappa shape index (κ1) is 12.0. The van der Waals surface area contributed by atoms with E-state index in [9.17, 15) is 6.17 Å². The molecule has 1 heterocycles. The Morgan fingerprint density at radius 1 is 1.48 bits per heavy atom. The van der Waals surface area contributed by atoms with E-state index >= 15 is 0 Å². The van der Waals surface area contributed by atoms with Crippen molar-refractivity contribution >= 4 is 5.91 Å². The van der Waals surface area contributed by atoms with E-state index in [1.165, 1.54) is 0 Å². The summed E-state index contributed by atoms with van der Waals surface area (Å²) in [7, 11) is 0. The van der Waals surface area contributed by atoms with Gasteiger partial charge < -0.3 is 10.1 Å². The maximum absolute atomic E-state index is 12.2. The van der Waals surface area contributed by atoms with Gasteiger partial charge in [-0.3, -0.25) is 4.79 Å². The van der Waals surface area contributed by atoms with Gasteiger partial charge >= 0.3 is 0 Å². The van der Waals surface area contributed by atoms with Crippen molar-refractivity contribution in [3.05, 3.63) is 28.3 Å². The molecule has 1 aromatic carbocycles. The standard InChI is InChI=1S/C22H33NO2/c1-7-8-19(24)23-15(5)13(3)18-10-9-17-11-12(2)22-20(21(17)18)14(4)16(6)25-22/h11,13-16,18H,7-10H2,1-6H3,(H,23,24)/t13?,14?,15?,16?,18-/m0/s1/i9D2,10D2,11D,18D. The molecule has 3 heteroatoms. The van der Waals surface area contributed by atoms with E-state index < -0.39 is 30.6 Å². The third-order valence-corrected chi connectivity index (χ3v) is 5.54. The molecule has 3 nitrogen and oxygen atoms in total. The Balaban J connectivity index is 2.29. The molecular formula is C22H33NO2. The summed E-state index contributed by atoms with van der Waals surface area (Å²) in [4.78, 5) is 12.2. The van der Waals surface area contributed by atoms with Crippen LogP contribution in [0.1, 0.15) is 96.1 Å². The lowest BCUT2D eigenvalue weighted by Crippen LogP contribution is -2.39. The van der Waals surface area contributed by atoms with Gasteiger partial charge in [-0.15, -0.1) is 0 Å². The summed E-state index contributed by atoms with van der Waals surface area (Å²) in [6, 6.07) is -0.664. The molecule has 1 N–H and O–H groups in total. The Morgan fingerprint density at radius 2 is 2.20 bits per heavy atom. The van der Waals surface area contributed by atoms with E-state index in [0.717, 1.165) is 0 Å². The van der Waals surface area contributed by atoms with Gasteiger partial charge in [0.15, 0.2) is 0 Å². The highest BCUT2D eigenvalue weighted by Crippen LogP contribution is 2.51. The van der Waals surface area contributed by atoms with Gasteiger partial charge in [0.1, 0.15) is 11.9 Å². The van der Waals surface area contributed by atoms with Crippen molar-refractivity contribution in [3.8, 4) is 5.75 Å². The van der Waals surface area contributed by atoms with E-state index in [-0.39, 0.29) is 35.1 Å². The fraction of sp³-hybridized carbons (Fsp3) is 0.682. The largest absolute Gasteiger partial charge is 0.490 e. The third kappa shape index (κ3) is 3.18. The monoisotopic (exact) mass is 349 g/mol. The zero-order chi connectivity index (χ0) is 23.7. The molecule has 0 spiro atoms. The number of benzene rings is 1. The van der Waals surface area contributed by atoms with Gasteiger partial charge in [-0.1, -0.05) is 26.8 Å². The van der Waals surface area contributed by atoms with Crippen LogP contribution < -0.4 is 10.1 Å². The highest BCUT2D eigenvalue weighted by molar-refractivity contribution is 5.76. The molecule has 2 aliphatic rings. The van der Waals surface area contributed by atoms with Crippen LogP contribution in [0, 0.1) is 12.8 Å². The number of fused-ring (bicyclic) bond motifs is 3. The van der Waals surface area contributed by atoms with Crippen LogP contribution in [-0.4, -0.2) is 18.1 Å². The molecule has 0 saturated carbocycles. The summed E-state index contributed by atoms with van der Waals surface area (Å²) in [5, 5.41) is 2.87. The quantitative estimate of drug-likeness (QED) is 0.825. The number of rotatable bonds is 5. The fourth-order valence-electron chi connectivity index (χ4n) is 3.70. The number of ether oxygens (including phenoxy) is 1. The molecule has 3 rings (SSSR count). The van der Waals surface area contributed by atoms with Gasteiger partial charge in [0.05, 0.1) is 1.37 Å². The van der Waals surface area contributed by atoms with Gasteiger partial charge in [0.2, 0.25) is 5.91 Å². The van der Waals surface area contributed by atoms with E-state index in [1.807, 2.05) is 20.8 Å². The van der Waals surface area contributed by atoms with Crippen LogP contribution in [0.15, 0.2) is 6.04 Å². The molecular weight excluding hydrogens is 310 g/mol. The van der Waals surface area contributed by atoms with Crippen LogP contribution in [0.25, 0.3) is 0 Å². The number of carbonyl (C=O) groups excluding carboxylic acids is 1. The Labute approximate surface area is 161 Å². The average Bonchev–Trinajstić information content (AvgIpc) is 3.03. The summed E-state index contributed by atoms with van der Waals surface area (Å²) in [6.07, 6.45) is -4.37. The number of nitrogens with one attached hydrogen (secondary N) is 1. The molecule has 1 amide bonds. The lowest BCUT2D eigenvalue weighted by molar-refractivity contribution is -0.122. The van der Waals surface area contributed by atoms with Gasteiger partial charge in [-0.2, -0.15) is 0 Å². The van der Waals surface area contributed by atoms with Crippen LogP contribution in [-0.2, 0) is 11.2 Å². The SMILES string of the molecule is [2H]c1c(C)c2c(c3c1C([2H])([2H])C([2H])([2H])[C@@]3([2H])C(C)C(C)NC(=O)CCC)C(C)C(C)O2. The topological polar surface area (TPSA) is 38.3 Å². The zero-order valence-corrected chi connectivity index (χ0v) is 16.0. The Morgan fingerprint density at radius 3 is 2.88 bits per heavy atom. The molecule has 4 unspecified atom stereocenters. The summed E-state index contributed by atoms with van der Waals surface area (Å²) in [5.74, 6) is -2.64. The second-order valence-electron chi connectivity index (χ2n) is 7.41. The van der Waals surface area contributed by atoms with E-state index in [4.69, 9.17) is 11.6 Å². The molecule has 1 aromatic rings.